The predicted molar refractivity (Wildman–Crippen MR) is 181 cm³/mol. The monoisotopic (exact) mass is 638 g/mol. The Balaban J connectivity index is -0.000000762. The number of hydrogen-bond donors (Lipinski definition) is 5. The maximum atomic E-state index is 13.3. The highest BCUT2D eigenvalue weighted by molar-refractivity contribution is 5.99. The minimum atomic E-state index is -1.91. The Morgan fingerprint density at radius 3 is 1.73 bits per heavy atom. The van der Waals surface area contributed by atoms with Crippen LogP contribution in [-0.2, 0) is 23.9 Å². The topological polar surface area (TPSA) is 171 Å². The van der Waals surface area contributed by atoms with Crippen LogP contribution in [0.5, 0.6) is 11.5 Å². The molecule has 0 saturated heterocycles. The summed E-state index contributed by atoms with van der Waals surface area (Å²) in [5, 5.41) is 49.3. The van der Waals surface area contributed by atoms with Crippen LogP contribution in [0.1, 0.15) is 95.1 Å². The van der Waals surface area contributed by atoms with Crippen LogP contribution in [0, 0.1) is 11.3 Å². The standard InChI is InChI=1S/C25H28O10.5C2H6/c1-15(26)34-13-25(14-35-16(2)27,23(32)9-5-17-3-7-19(28)21(30)11-17)24(33)10-6-18-4-8-20(29)22(31)12-18;5*1-2/h3,5-12,18,24,28-31,33H,4,13-14H2,1-2H3;5*1-2H3/b9-5+,10-6+;;;;;. The largest absolute Gasteiger partial charge is 0.504 e. The fourth-order valence-corrected chi connectivity index (χ4v) is 3.22. The van der Waals surface area contributed by atoms with E-state index in [1.165, 1.54) is 48.6 Å². The number of benzene rings is 1. The lowest BCUT2D eigenvalue weighted by molar-refractivity contribution is -0.160. The fraction of sp³-hybridized carbons (Fsp3) is 0.514. The van der Waals surface area contributed by atoms with Gasteiger partial charge >= 0.3 is 11.9 Å². The van der Waals surface area contributed by atoms with Gasteiger partial charge in [-0.05, 0) is 42.3 Å². The van der Waals surface area contributed by atoms with Crippen molar-refractivity contribution in [3.63, 3.8) is 0 Å². The van der Waals surface area contributed by atoms with Crippen LogP contribution in [0.15, 0.2) is 60.1 Å². The van der Waals surface area contributed by atoms with Gasteiger partial charge in [0.1, 0.15) is 18.6 Å². The van der Waals surface area contributed by atoms with Crippen LogP contribution in [0.4, 0.5) is 0 Å². The summed E-state index contributed by atoms with van der Waals surface area (Å²) in [5.74, 6) is -3.96. The molecular weight excluding hydrogens is 580 g/mol. The van der Waals surface area contributed by atoms with Crippen molar-refractivity contribution in [2.75, 3.05) is 13.2 Å². The number of aliphatic hydroxyl groups excluding tert-OH is 3. The highest BCUT2D eigenvalue weighted by atomic mass is 16.5. The van der Waals surface area contributed by atoms with E-state index in [0.29, 0.717) is 12.0 Å². The van der Waals surface area contributed by atoms with Crippen LogP contribution in [0.3, 0.4) is 0 Å². The molecule has 0 amide bonds. The molecule has 1 aromatic carbocycles. The SMILES string of the molecule is CC.CC.CC.CC.CC.CC(=O)OCC(COC(C)=O)(C(=O)/C=C/c1ccc(O)c(O)c1)C(O)/C=C/C1C=C(O)C(O)=CC1. The van der Waals surface area contributed by atoms with Gasteiger partial charge in [0.15, 0.2) is 28.8 Å². The van der Waals surface area contributed by atoms with Gasteiger partial charge in [-0.1, -0.05) is 93.5 Å². The Morgan fingerprint density at radius 2 is 1.31 bits per heavy atom. The van der Waals surface area contributed by atoms with E-state index < -0.39 is 54.1 Å². The molecule has 2 rings (SSSR count). The third kappa shape index (κ3) is 18.4. The second-order valence-corrected chi connectivity index (χ2v) is 8.03. The number of ketones is 1. The molecule has 1 aromatic rings. The first-order valence-electron chi connectivity index (χ1n) is 15.6. The molecule has 5 N–H and O–H groups in total. The highest BCUT2D eigenvalue weighted by Gasteiger charge is 2.45. The lowest BCUT2D eigenvalue weighted by Crippen LogP contribution is -2.49. The molecule has 1 aliphatic carbocycles. The number of aliphatic hydroxyl groups is 3. The summed E-state index contributed by atoms with van der Waals surface area (Å²) in [6.07, 6.45) is 6.61. The van der Waals surface area contributed by atoms with Gasteiger partial charge < -0.3 is 35.0 Å². The number of esters is 2. The zero-order chi connectivity index (χ0) is 36.2. The number of phenols is 2. The normalized spacial score (nSPS) is 13.9. The summed E-state index contributed by atoms with van der Waals surface area (Å²) in [7, 11) is 0. The van der Waals surface area contributed by atoms with Crippen LogP contribution >= 0.6 is 0 Å². The third-order valence-corrected chi connectivity index (χ3v) is 5.31. The zero-order valence-electron chi connectivity index (χ0n) is 29.2. The average Bonchev–Trinajstić information content (AvgIpc) is 3.06. The second kappa shape index (κ2) is 28.7. The molecule has 0 spiro atoms. The molecule has 0 radical (unpaired) electrons. The molecule has 0 aliphatic heterocycles. The van der Waals surface area contributed by atoms with Crippen molar-refractivity contribution in [1.29, 1.82) is 0 Å². The van der Waals surface area contributed by atoms with Crippen LogP contribution in [0.2, 0.25) is 0 Å². The molecule has 258 valence electrons. The van der Waals surface area contributed by atoms with Gasteiger partial charge in [0.25, 0.3) is 0 Å². The number of aromatic hydroxyl groups is 2. The molecule has 10 nitrogen and oxygen atoms in total. The molecule has 0 heterocycles. The lowest BCUT2D eigenvalue weighted by atomic mass is 9.78. The molecule has 2 atom stereocenters. The van der Waals surface area contributed by atoms with E-state index in [2.05, 4.69) is 0 Å². The number of hydrogen-bond acceptors (Lipinski definition) is 10. The Kier molecular flexibility index (Phi) is 30.5. The van der Waals surface area contributed by atoms with E-state index in [1.54, 1.807) is 0 Å². The predicted octanol–water partition coefficient (Wildman–Crippen LogP) is 7.74. The van der Waals surface area contributed by atoms with Gasteiger partial charge in [0.2, 0.25) is 0 Å². The van der Waals surface area contributed by atoms with E-state index in [0.717, 1.165) is 19.9 Å². The Morgan fingerprint density at radius 1 is 0.822 bits per heavy atom. The van der Waals surface area contributed by atoms with Crippen LogP contribution in [0.25, 0.3) is 6.08 Å². The van der Waals surface area contributed by atoms with Crippen molar-refractivity contribution >= 4 is 23.8 Å². The second-order valence-electron chi connectivity index (χ2n) is 8.03. The summed E-state index contributed by atoms with van der Waals surface area (Å²) >= 11 is 0. The van der Waals surface area contributed by atoms with E-state index in [1.807, 2.05) is 69.2 Å². The number of carbonyl (C=O) groups excluding carboxylic acids is 3. The minimum absolute atomic E-state index is 0.269. The smallest absolute Gasteiger partial charge is 0.302 e. The van der Waals surface area contributed by atoms with Crippen LogP contribution in [-0.4, -0.2) is 62.6 Å². The van der Waals surface area contributed by atoms with Crippen molar-refractivity contribution in [3.8, 4) is 11.5 Å². The third-order valence-electron chi connectivity index (χ3n) is 5.31. The van der Waals surface area contributed by atoms with Crippen molar-refractivity contribution in [2.24, 2.45) is 11.3 Å². The van der Waals surface area contributed by atoms with Crippen molar-refractivity contribution < 1.29 is 49.4 Å². The van der Waals surface area contributed by atoms with Crippen molar-refractivity contribution in [1.82, 2.24) is 0 Å². The molecule has 45 heavy (non-hydrogen) atoms. The highest BCUT2D eigenvalue weighted by Crippen LogP contribution is 2.30. The lowest BCUT2D eigenvalue weighted by Gasteiger charge is -2.33. The fourth-order valence-electron chi connectivity index (χ4n) is 3.22. The summed E-state index contributed by atoms with van der Waals surface area (Å²) in [4.78, 5) is 36.4. The molecule has 0 aromatic heterocycles. The first kappa shape index (κ1) is 47.9. The zero-order valence-corrected chi connectivity index (χ0v) is 29.2. The molecule has 0 fully saturated rings. The van der Waals surface area contributed by atoms with Gasteiger partial charge in [0, 0.05) is 19.8 Å². The number of rotatable bonds is 10. The van der Waals surface area contributed by atoms with Gasteiger partial charge in [0.05, 0.1) is 6.10 Å². The maximum absolute atomic E-state index is 13.3. The van der Waals surface area contributed by atoms with Gasteiger partial charge in [-0.25, -0.2) is 0 Å². The average molecular weight is 639 g/mol. The van der Waals surface area contributed by atoms with Crippen molar-refractivity contribution in [3.05, 3.63) is 65.7 Å². The van der Waals surface area contributed by atoms with Gasteiger partial charge in [-0.15, -0.1) is 0 Å². The van der Waals surface area contributed by atoms with Crippen LogP contribution < -0.4 is 0 Å². The molecule has 1 aliphatic rings. The quantitative estimate of drug-likeness (QED) is 0.0739. The minimum Gasteiger partial charge on any atom is -0.504 e. The molecular formula is C35H58O10. The van der Waals surface area contributed by atoms with E-state index >= 15 is 0 Å². The molecule has 0 saturated carbocycles. The Labute approximate surface area is 270 Å². The molecule has 0 bridgehead atoms. The first-order chi connectivity index (χ1) is 21.4. The Bertz CT molecular complexity index is 1070. The number of phenolic OH excluding ortho intramolecular Hbond substituents is 2. The summed E-state index contributed by atoms with van der Waals surface area (Å²) < 4.78 is 10.1. The van der Waals surface area contributed by atoms with Crippen molar-refractivity contribution in [2.45, 2.75) is 95.6 Å². The molecule has 10 heteroatoms. The first-order valence-corrected chi connectivity index (χ1v) is 15.6. The summed E-state index contributed by atoms with van der Waals surface area (Å²) in [5.41, 5.74) is -1.57. The Hall–Kier alpha value is -4.05. The number of allylic oxidation sites excluding steroid dienone is 4. The number of ether oxygens (including phenoxy) is 2. The maximum Gasteiger partial charge on any atom is 0.302 e. The van der Waals surface area contributed by atoms with Gasteiger partial charge in [-0.3, -0.25) is 14.4 Å². The summed E-state index contributed by atoms with van der Waals surface area (Å²) in [6.45, 7) is 21.0. The van der Waals surface area contributed by atoms with E-state index in [4.69, 9.17) is 9.47 Å². The van der Waals surface area contributed by atoms with Gasteiger partial charge in [-0.2, -0.15) is 0 Å². The molecule has 2 unspecified atom stereocenters. The summed E-state index contributed by atoms with van der Waals surface area (Å²) in [6, 6.07) is 3.86. The van der Waals surface area contributed by atoms with E-state index in [9.17, 15) is 39.9 Å². The van der Waals surface area contributed by atoms with E-state index in [-0.39, 0.29) is 17.3 Å². The number of carbonyl (C=O) groups is 3.